The van der Waals surface area contributed by atoms with E-state index in [0.717, 1.165) is 12.2 Å². The summed E-state index contributed by atoms with van der Waals surface area (Å²) in [6.45, 7) is 3.47. The Morgan fingerprint density at radius 2 is 2.02 bits per heavy atom. The highest BCUT2D eigenvalue weighted by atomic mass is 35.5. The van der Waals surface area contributed by atoms with Gasteiger partial charge in [-0.1, -0.05) is 11.6 Å². The summed E-state index contributed by atoms with van der Waals surface area (Å²) in [5.74, 6) is 0.103. The first-order valence-corrected chi connectivity index (χ1v) is 13.3. The minimum absolute atomic E-state index is 0.177. The fourth-order valence-corrected chi connectivity index (χ4v) is 5.05. The third-order valence-corrected chi connectivity index (χ3v) is 7.33. The zero-order valence-electron chi connectivity index (χ0n) is 22.3. The normalized spacial score (nSPS) is 17.6. The summed E-state index contributed by atoms with van der Waals surface area (Å²) in [5.41, 5.74) is 2.23. The minimum atomic E-state index is -0.425. The van der Waals surface area contributed by atoms with E-state index in [9.17, 15) is 14.0 Å². The number of pyridine rings is 2. The number of hydrogen-bond donors (Lipinski definition) is 1. The summed E-state index contributed by atoms with van der Waals surface area (Å²) in [5, 5.41) is 3.29. The Morgan fingerprint density at radius 1 is 1.18 bits per heavy atom. The first-order valence-electron chi connectivity index (χ1n) is 12.9. The molecule has 3 aromatic rings. The number of amides is 1. The number of methoxy groups -OCH3 is 1. The van der Waals surface area contributed by atoms with E-state index in [-0.39, 0.29) is 24.3 Å². The molecule has 0 spiro atoms. The molecule has 1 N–H and O–H groups in total. The lowest BCUT2D eigenvalue weighted by Gasteiger charge is -2.37. The lowest BCUT2D eigenvalue weighted by molar-refractivity contribution is -0.148. The minimum Gasteiger partial charge on any atom is -0.488 e. The number of hydrogen-bond acceptors (Lipinski definition) is 9. The van der Waals surface area contributed by atoms with E-state index in [2.05, 4.69) is 20.2 Å². The number of fused-ring (bicyclic) bond motifs is 1. The van der Waals surface area contributed by atoms with Crippen LogP contribution < -0.4 is 15.0 Å². The number of ether oxygens (including phenoxy) is 2. The van der Waals surface area contributed by atoms with Crippen LogP contribution in [0, 0.1) is 5.82 Å². The largest absolute Gasteiger partial charge is 0.488 e. The molecule has 1 fully saturated rings. The Balaban J connectivity index is 1.27. The first-order chi connectivity index (χ1) is 19.3. The maximum atomic E-state index is 14.5. The highest BCUT2D eigenvalue weighted by Gasteiger charge is 2.31. The molecule has 4 heterocycles. The van der Waals surface area contributed by atoms with Gasteiger partial charge in [-0.15, -0.1) is 0 Å². The summed E-state index contributed by atoms with van der Waals surface area (Å²) in [4.78, 5) is 39.6. The van der Waals surface area contributed by atoms with E-state index >= 15 is 0 Å². The second-order valence-electron chi connectivity index (χ2n) is 9.68. The van der Waals surface area contributed by atoms with Gasteiger partial charge in [0, 0.05) is 61.1 Å². The van der Waals surface area contributed by atoms with Gasteiger partial charge in [0.05, 0.1) is 31.2 Å². The topological polar surface area (TPSA) is 100 Å². The van der Waals surface area contributed by atoms with Gasteiger partial charge in [-0.25, -0.2) is 9.37 Å². The van der Waals surface area contributed by atoms with Crippen LogP contribution >= 0.6 is 11.6 Å². The predicted molar refractivity (Wildman–Crippen MR) is 149 cm³/mol. The molecule has 1 saturated heterocycles. The van der Waals surface area contributed by atoms with Crippen LogP contribution in [0.4, 0.5) is 21.6 Å². The molecule has 210 valence electrons. The number of likely N-dealkylation sites (N-methyl/N-ethyl adjacent to an activating group) is 1. The molecule has 1 unspecified atom stereocenters. The van der Waals surface area contributed by atoms with Crippen LogP contribution in [-0.4, -0.2) is 91.2 Å². The van der Waals surface area contributed by atoms with Crippen molar-refractivity contribution in [1.29, 1.82) is 0 Å². The lowest BCUT2D eigenvalue weighted by Crippen LogP contribution is -2.55. The van der Waals surface area contributed by atoms with Crippen LogP contribution in [0.25, 0.3) is 11.3 Å². The van der Waals surface area contributed by atoms with Gasteiger partial charge < -0.3 is 19.7 Å². The summed E-state index contributed by atoms with van der Waals surface area (Å²) < 4.78 is 25.2. The van der Waals surface area contributed by atoms with Crippen LogP contribution in [-0.2, 0) is 14.3 Å². The summed E-state index contributed by atoms with van der Waals surface area (Å²) in [6.07, 6.45) is 3.45. The van der Waals surface area contributed by atoms with Crippen LogP contribution in [0.1, 0.15) is 6.42 Å². The molecule has 0 aliphatic carbocycles. The number of aromatic nitrogens is 2. The predicted octanol–water partition coefficient (Wildman–Crippen LogP) is 3.58. The van der Waals surface area contributed by atoms with E-state index in [1.807, 2.05) is 22.9 Å². The standard InChI is InChI=1S/C28H30ClFN6O4/c1-34-9-10-35(17-24(34)28(38)39-2)8-6-27(37)33-26-14-19(5-7-31-26)36-11-12-40-25-16-32-22(15-23(25)36)20-13-18(29)3-4-21(20)30/h3-5,7,13-16,24H,6,8-12,17H2,1-2H3,(H,31,33,37). The summed E-state index contributed by atoms with van der Waals surface area (Å²) in [6, 6.07) is 9.38. The van der Waals surface area contributed by atoms with Gasteiger partial charge in [-0.2, -0.15) is 0 Å². The molecule has 40 heavy (non-hydrogen) atoms. The summed E-state index contributed by atoms with van der Waals surface area (Å²) >= 11 is 6.10. The van der Waals surface area contributed by atoms with E-state index in [1.165, 1.54) is 25.3 Å². The van der Waals surface area contributed by atoms with Crippen molar-refractivity contribution in [2.24, 2.45) is 0 Å². The number of halogens is 2. The number of piperazine rings is 1. The fourth-order valence-electron chi connectivity index (χ4n) is 4.88. The number of esters is 1. The van der Waals surface area contributed by atoms with Crippen LogP contribution in [0.3, 0.4) is 0 Å². The monoisotopic (exact) mass is 568 g/mol. The Bertz CT molecular complexity index is 1410. The molecule has 0 saturated carbocycles. The average Bonchev–Trinajstić information content (AvgIpc) is 2.97. The molecule has 12 heteroatoms. The van der Waals surface area contributed by atoms with Crippen molar-refractivity contribution >= 4 is 40.7 Å². The molecule has 2 aromatic heterocycles. The van der Waals surface area contributed by atoms with Crippen molar-refractivity contribution in [3.05, 3.63) is 59.6 Å². The van der Waals surface area contributed by atoms with Gasteiger partial charge >= 0.3 is 5.97 Å². The number of carbonyl (C=O) groups is 2. The van der Waals surface area contributed by atoms with Crippen molar-refractivity contribution in [2.75, 3.05) is 63.7 Å². The van der Waals surface area contributed by atoms with Gasteiger partial charge in [0.1, 0.15) is 24.3 Å². The molecule has 10 nitrogen and oxygen atoms in total. The van der Waals surface area contributed by atoms with Crippen molar-refractivity contribution in [3.63, 3.8) is 0 Å². The van der Waals surface area contributed by atoms with Crippen LogP contribution in [0.5, 0.6) is 5.75 Å². The third-order valence-electron chi connectivity index (χ3n) is 7.10. The number of benzene rings is 1. The van der Waals surface area contributed by atoms with Gasteiger partial charge in [-0.3, -0.25) is 24.4 Å². The molecule has 1 atom stereocenters. The SMILES string of the molecule is COC(=O)C1CN(CCC(=O)Nc2cc(N3CCOc4cnc(-c5cc(Cl)ccc5F)cc43)ccn2)CCN1C. The lowest BCUT2D eigenvalue weighted by atomic mass is 10.1. The van der Waals surface area contributed by atoms with E-state index in [0.29, 0.717) is 66.3 Å². The molecule has 1 aromatic carbocycles. The maximum absolute atomic E-state index is 14.5. The molecule has 2 aliphatic heterocycles. The smallest absolute Gasteiger partial charge is 0.324 e. The molecule has 0 bridgehead atoms. The van der Waals surface area contributed by atoms with Crippen LogP contribution in [0.2, 0.25) is 5.02 Å². The second-order valence-corrected chi connectivity index (χ2v) is 10.1. The second kappa shape index (κ2) is 12.2. The van der Waals surface area contributed by atoms with Crippen molar-refractivity contribution in [3.8, 4) is 17.0 Å². The molecule has 5 rings (SSSR count). The highest BCUT2D eigenvalue weighted by Crippen LogP contribution is 2.39. The molecule has 1 amide bonds. The molecule has 2 aliphatic rings. The van der Waals surface area contributed by atoms with Crippen molar-refractivity contribution in [1.82, 2.24) is 19.8 Å². The average molecular weight is 569 g/mol. The van der Waals surface area contributed by atoms with Gasteiger partial charge in [0.15, 0.2) is 5.75 Å². The fraction of sp³-hybridized carbons (Fsp3) is 0.357. The summed E-state index contributed by atoms with van der Waals surface area (Å²) in [7, 11) is 3.28. The van der Waals surface area contributed by atoms with Crippen molar-refractivity contribution in [2.45, 2.75) is 12.5 Å². The number of rotatable bonds is 7. The van der Waals surface area contributed by atoms with Gasteiger partial charge in [-0.05, 0) is 37.4 Å². The number of nitrogens with zero attached hydrogens (tertiary/aromatic N) is 5. The first kappa shape index (κ1) is 27.8. The quantitative estimate of drug-likeness (QED) is 0.429. The Labute approximate surface area is 236 Å². The Morgan fingerprint density at radius 3 is 2.85 bits per heavy atom. The Kier molecular flexibility index (Phi) is 8.43. The van der Waals surface area contributed by atoms with Crippen molar-refractivity contribution < 1.29 is 23.5 Å². The number of nitrogens with one attached hydrogen (secondary N) is 1. The zero-order valence-corrected chi connectivity index (χ0v) is 23.0. The highest BCUT2D eigenvalue weighted by molar-refractivity contribution is 6.30. The van der Waals surface area contributed by atoms with Gasteiger partial charge in [0.2, 0.25) is 5.91 Å². The third kappa shape index (κ3) is 6.16. The van der Waals surface area contributed by atoms with Gasteiger partial charge in [0.25, 0.3) is 0 Å². The van der Waals surface area contributed by atoms with E-state index in [1.54, 1.807) is 24.5 Å². The molecular weight excluding hydrogens is 539 g/mol. The molecule has 0 radical (unpaired) electrons. The molecular formula is C28H30ClFN6O4. The maximum Gasteiger partial charge on any atom is 0.324 e. The number of carbonyl (C=O) groups excluding carboxylic acids is 2. The number of anilines is 3. The van der Waals surface area contributed by atoms with E-state index in [4.69, 9.17) is 21.1 Å². The zero-order chi connectivity index (χ0) is 28.2. The van der Waals surface area contributed by atoms with E-state index < -0.39 is 5.82 Å². The Hall–Kier alpha value is -3.80. The van der Waals surface area contributed by atoms with Crippen LogP contribution in [0.15, 0.2) is 48.8 Å².